The fourth-order valence-corrected chi connectivity index (χ4v) is 3.93. The van der Waals surface area contributed by atoms with Crippen LogP contribution in [0.15, 0.2) is 58.5 Å². The van der Waals surface area contributed by atoms with Crippen molar-refractivity contribution in [2.75, 3.05) is 7.11 Å². The minimum Gasteiger partial charge on any atom is -0.468 e. The van der Waals surface area contributed by atoms with Gasteiger partial charge in [0, 0.05) is 0 Å². The first-order valence-corrected chi connectivity index (χ1v) is 10.2. The zero-order valence-corrected chi connectivity index (χ0v) is 17.3. The first-order chi connectivity index (χ1) is 13.5. The lowest BCUT2D eigenvalue weighted by Crippen LogP contribution is -2.24. The number of fused-ring (bicyclic) bond motifs is 1. The molecule has 2 atom stereocenters. The average Bonchev–Trinajstić information content (AvgIpc) is 2.73. The van der Waals surface area contributed by atoms with Crippen LogP contribution in [0.5, 0.6) is 0 Å². The van der Waals surface area contributed by atoms with Gasteiger partial charge in [-0.3, -0.25) is 14.2 Å². The van der Waals surface area contributed by atoms with Gasteiger partial charge in [0.05, 0.1) is 23.7 Å². The number of hydrogen-bond acceptors (Lipinski definition) is 5. The predicted molar refractivity (Wildman–Crippen MR) is 113 cm³/mol. The minimum absolute atomic E-state index is 0.151. The second-order valence-electron chi connectivity index (χ2n) is 6.74. The SMILES string of the molecule is CC[C@@H](C)c1ccc(-n2c(S[C@H](C)C(=O)OC)nc3ccccc3c2=O)cc1. The molecule has 0 saturated heterocycles. The molecule has 1 aromatic heterocycles. The lowest BCUT2D eigenvalue weighted by Gasteiger charge is -2.16. The van der Waals surface area contributed by atoms with E-state index in [-0.39, 0.29) is 11.5 Å². The Bertz CT molecular complexity index is 1040. The number of benzene rings is 2. The van der Waals surface area contributed by atoms with Crippen LogP contribution in [0, 0.1) is 0 Å². The molecule has 0 aliphatic rings. The van der Waals surface area contributed by atoms with E-state index in [0.29, 0.717) is 22.0 Å². The average molecular weight is 397 g/mol. The lowest BCUT2D eigenvalue weighted by molar-refractivity contribution is -0.139. The Kier molecular flexibility index (Phi) is 6.19. The molecule has 2 aromatic carbocycles. The van der Waals surface area contributed by atoms with Gasteiger partial charge in [-0.15, -0.1) is 0 Å². The van der Waals surface area contributed by atoms with E-state index in [0.717, 1.165) is 12.1 Å². The fraction of sp³-hybridized carbons (Fsp3) is 0.318. The predicted octanol–water partition coefficient (Wildman–Crippen LogP) is 4.55. The van der Waals surface area contributed by atoms with Crippen molar-refractivity contribution in [3.63, 3.8) is 0 Å². The van der Waals surface area contributed by atoms with Gasteiger partial charge in [0.15, 0.2) is 5.16 Å². The zero-order chi connectivity index (χ0) is 20.3. The number of nitrogens with zero attached hydrogens (tertiary/aromatic N) is 2. The first kappa shape index (κ1) is 20.1. The third kappa shape index (κ3) is 3.97. The maximum Gasteiger partial charge on any atom is 0.318 e. The summed E-state index contributed by atoms with van der Waals surface area (Å²) in [7, 11) is 1.36. The Morgan fingerprint density at radius 2 is 1.82 bits per heavy atom. The van der Waals surface area contributed by atoms with E-state index in [1.54, 1.807) is 23.6 Å². The van der Waals surface area contributed by atoms with Gasteiger partial charge in [0.2, 0.25) is 0 Å². The van der Waals surface area contributed by atoms with Gasteiger partial charge < -0.3 is 4.74 Å². The third-order valence-electron chi connectivity index (χ3n) is 4.89. The Morgan fingerprint density at radius 3 is 2.46 bits per heavy atom. The number of carbonyl (C=O) groups is 1. The quantitative estimate of drug-likeness (QED) is 0.347. The number of aromatic nitrogens is 2. The summed E-state index contributed by atoms with van der Waals surface area (Å²) in [6.45, 7) is 6.07. The highest BCUT2D eigenvalue weighted by atomic mass is 32.2. The van der Waals surface area contributed by atoms with Gasteiger partial charge in [0.1, 0.15) is 5.25 Å². The molecule has 3 rings (SSSR count). The van der Waals surface area contributed by atoms with Crippen LogP contribution in [0.4, 0.5) is 0 Å². The van der Waals surface area contributed by atoms with E-state index in [4.69, 9.17) is 4.74 Å². The second-order valence-corrected chi connectivity index (χ2v) is 8.04. The number of methoxy groups -OCH3 is 1. The molecule has 0 unspecified atom stereocenters. The number of hydrogen-bond donors (Lipinski definition) is 0. The van der Waals surface area contributed by atoms with E-state index < -0.39 is 5.25 Å². The van der Waals surface area contributed by atoms with Crippen LogP contribution in [0.2, 0.25) is 0 Å². The molecule has 146 valence electrons. The number of para-hydroxylation sites is 1. The summed E-state index contributed by atoms with van der Waals surface area (Å²) in [4.78, 5) is 29.8. The van der Waals surface area contributed by atoms with Crippen LogP contribution in [0.1, 0.15) is 38.7 Å². The topological polar surface area (TPSA) is 61.2 Å². The Morgan fingerprint density at radius 1 is 1.14 bits per heavy atom. The Balaban J connectivity index is 2.16. The van der Waals surface area contributed by atoms with Crippen LogP contribution in [-0.2, 0) is 9.53 Å². The Labute approximate surface area is 168 Å². The van der Waals surface area contributed by atoms with Crippen LogP contribution in [0.25, 0.3) is 16.6 Å². The van der Waals surface area contributed by atoms with Crippen LogP contribution < -0.4 is 5.56 Å². The molecule has 0 fully saturated rings. The lowest BCUT2D eigenvalue weighted by atomic mass is 9.98. The number of rotatable bonds is 6. The van der Waals surface area contributed by atoms with Gasteiger partial charge in [0.25, 0.3) is 5.56 Å². The van der Waals surface area contributed by atoms with Gasteiger partial charge in [-0.1, -0.05) is 49.9 Å². The molecule has 0 spiro atoms. The van der Waals surface area contributed by atoms with E-state index in [2.05, 4.69) is 18.8 Å². The van der Waals surface area contributed by atoms with Crippen molar-refractivity contribution in [2.45, 2.75) is 43.5 Å². The minimum atomic E-state index is -0.483. The van der Waals surface area contributed by atoms with Gasteiger partial charge in [-0.25, -0.2) is 4.98 Å². The Hall–Kier alpha value is -2.60. The normalized spacial score (nSPS) is 13.3. The van der Waals surface area contributed by atoms with Crippen molar-refractivity contribution in [1.82, 2.24) is 9.55 Å². The maximum absolute atomic E-state index is 13.2. The van der Waals surface area contributed by atoms with Crippen LogP contribution in [-0.4, -0.2) is 27.9 Å². The number of carbonyl (C=O) groups excluding carboxylic acids is 1. The largest absolute Gasteiger partial charge is 0.468 e. The monoisotopic (exact) mass is 396 g/mol. The molecular weight excluding hydrogens is 372 g/mol. The van der Waals surface area contributed by atoms with Crippen molar-refractivity contribution in [3.8, 4) is 5.69 Å². The van der Waals surface area contributed by atoms with Crippen molar-refractivity contribution in [1.29, 1.82) is 0 Å². The number of thioether (sulfide) groups is 1. The molecule has 1 heterocycles. The van der Waals surface area contributed by atoms with Crippen molar-refractivity contribution >= 4 is 28.6 Å². The molecule has 28 heavy (non-hydrogen) atoms. The molecule has 0 saturated carbocycles. The highest BCUT2D eigenvalue weighted by Gasteiger charge is 2.20. The first-order valence-electron chi connectivity index (χ1n) is 9.32. The highest BCUT2D eigenvalue weighted by Crippen LogP contribution is 2.27. The molecule has 0 amide bonds. The molecule has 0 bridgehead atoms. The summed E-state index contributed by atoms with van der Waals surface area (Å²) >= 11 is 1.22. The van der Waals surface area contributed by atoms with E-state index in [9.17, 15) is 9.59 Å². The molecule has 5 nitrogen and oxygen atoms in total. The summed E-state index contributed by atoms with van der Waals surface area (Å²) in [5, 5.41) is 0.533. The molecule has 0 N–H and O–H groups in total. The molecule has 3 aromatic rings. The second kappa shape index (κ2) is 8.61. The molecule has 0 radical (unpaired) electrons. The molecular formula is C22H24N2O3S. The number of esters is 1. The summed E-state index contributed by atoms with van der Waals surface area (Å²) in [5.41, 5.74) is 2.42. The molecule has 6 heteroatoms. The summed E-state index contributed by atoms with van der Waals surface area (Å²) in [5.74, 6) is 0.0970. The molecule has 0 aliphatic heterocycles. The van der Waals surface area contributed by atoms with Gasteiger partial charge in [-0.05, 0) is 49.1 Å². The van der Waals surface area contributed by atoms with Crippen molar-refractivity contribution in [3.05, 3.63) is 64.4 Å². The summed E-state index contributed by atoms with van der Waals surface area (Å²) < 4.78 is 6.40. The van der Waals surface area contributed by atoms with Crippen molar-refractivity contribution < 1.29 is 9.53 Å². The standard InChI is InChI=1S/C22H24N2O3S/c1-5-14(2)16-10-12-17(13-11-16)24-20(25)18-8-6-7-9-19(18)23-22(24)28-15(3)21(26)27-4/h6-15H,5H2,1-4H3/t14-,15-/m1/s1. The fourth-order valence-electron chi connectivity index (χ4n) is 2.98. The number of ether oxygens (including phenoxy) is 1. The summed E-state index contributed by atoms with van der Waals surface area (Å²) in [6, 6.07) is 15.2. The van der Waals surface area contributed by atoms with Crippen LogP contribution in [0.3, 0.4) is 0 Å². The van der Waals surface area contributed by atoms with Gasteiger partial charge >= 0.3 is 5.97 Å². The highest BCUT2D eigenvalue weighted by molar-refractivity contribution is 8.00. The van der Waals surface area contributed by atoms with Crippen LogP contribution >= 0.6 is 11.8 Å². The molecule has 0 aliphatic carbocycles. The van der Waals surface area contributed by atoms with E-state index in [1.165, 1.54) is 24.4 Å². The maximum atomic E-state index is 13.2. The van der Waals surface area contributed by atoms with E-state index >= 15 is 0 Å². The van der Waals surface area contributed by atoms with Crippen molar-refractivity contribution in [2.24, 2.45) is 0 Å². The summed E-state index contributed by atoms with van der Waals surface area (Å²) in [6.07, 6.45) is 1.05. The van der Waals surface area contributed by atoms with E-state index in [1.807, 2.05) is 36.4 Å². The third-order valence-corrected chi connectivity index (χ3v) is 5.92. The van der Waals surface area contributed by atoms with Gasteiger partial charge in [-0.2, -0.15) is 0 Å². The zero-order valence-electron chi connectivity index (χ0n) is 16.5. The smallest absolute Gasteiger partial charge is 0.318 e.